The van der Waals surface area contributed by atoms with Crippen LogP contribution in [0.4, 0.5) is 0 Å². The lowest BCUT2D eigenvalue weighted by molar-refractivity contribution is 0.216. The van der Waals surface area contributed by atoms with Gasteiger partial charge in [-0.15, -0.1) is 0 Å². The van der Waals surface area contributed by atoms with Crippen LogP contribution in [0.5, 0.6) is 17.2 Å². The third-order valence-corrected chi connectivity index (χ3v) is 3.91. The Balaban J connectivity index is 2.29. The van der Waals surface area contributed by atoms with Crippen molar-refractivity contribution in [3.8, 4) is 17.2 Å². The van der Waals surface area contributed by atoms with Crippen molar-refractivity contribution < 1.29 is 19.0 Å². The number of aromatic hydroxyl groups is 1. The van der Waals surface area contributed by atoms with Crippen LogP contribution in [-0.4, -0.2) is 17.8 Å². The molecule has 1 heterocycles. The van der Waals surface area contributed by atoms with Crippen molar-refractivity contribution in [1.29, 1.82) is 0 Å². The van der Waals surface area contributed by atoms with E-state index in [1.165, 1.54) is 23.3 Å². The molecule has 5 heteroatoms. The monoisotopic (exact) mass is 372 g/mol. The predicted octanol–water partition coefficient (Wildman–Crippen LogP) is 5.36. The van der Waals surface area contributed by atoms with Crippen molar-refractivity contribution in [2.45, 2.75) is 53.6 Å². The molecule has 0 spiro atoms. The van der Waals surface area contributed by atoms with E-state index in [0.29, 0.717) is 17.7 Å². The van der Waals surface area contributed by atoms with E-state index in [4.69, 9.17) is 13.9 Å². The minimum atomic E-state index is -0.624. The number of hydrogen-bond acceptors (Lipinski definition) is 5. The van der Waals surface area contributed by atoms with Crippen molar-refractivity contribution in [3.05, 3.63) is 51.9 Å². The highest BCUT2D eigenvalue weighted by Gasteiger charge is 2.19. The van der Waals surface area contributed by atoms with Crippen molar-refractivity contribution >= 4 is 11.0 Å². The molecule has 0 radical (unpaired) electrons. The summed E-state index contributed by atoms with van der Waals surface area (Å²) in [5.41, 5.74) is 2.15. The Hall–Kier alpha value is -2.69. The summed E-state index contributed by atoms with van der Waals surface area (Å²) in [6.45, 7) is 10.2. The average Bonchev–Trinajstić information content (AvgIpc) is 2.56. The van der Waals surface area contributed by atoms with E-state index in [-0.39, 0.29) is 23.2 Å². The molecule has 0 atom stereocenters. The smallest absolute Gasteiger partial charge is 0.383 e. The first kappa shape index (κ1) is 20.6. The zero-order chi connectivity index (χ0) is 20.0. The van der Waals surface area contributed by atoms with Crippen LogP contribution in [0.2, 0.25) is 0 Å². The summed E-state index contributed by atoms with van der Waals surface area (Å²) >= 11 is 0. The molecule has 2 rings (SSSR count). The van der Waals surface area contributed by atoms with Gasteiger partial charge in [-0.1, -0.05) is 17.2 Å². The largest absolute Gasteiger partial charge is 0.508 e. The van der Waals surface area contributed by atoms with E-state index in [1.54, 1.807) is 6.07 Å². The molecule has 5 nitrogen and oxygen atoms in total. The zero-order valence-electron chi connectivity index (χ0n) is 16.7. The Morgan fingerprint density at radius 1 is 1.19 bits per heavy atom. The van der Waals surface area contributed by atoms with Crippen molar-refractivity contribution in [2.75, 3.05) is 6.61 Å². The number of rotatable bonds is 8. The lowest BCUT2D eigenvalue weighted by atomic mass is 10.1. The van der Waals surface area contributed by atoms with Gasteiger partial charge in [0.2, 0.25) is 5.75 Å². The molecular formula is C22H28O5. The summed E-state index contributed by atoms with van der Waals surface area (Å²) in [7, 11) is 0. The number of phenols is 1. The second kappa shape index (κ2) is 9.31. The van der Waals surface area contributed by atoms with Crippen molar-refractivity contribution in [1.82, 2.24) is 0 Å². The molecular weight excluding hydrogens is 344 g/mol. The summed E-state index contributed by atoms with van der Waals surface area (Å²) in [6.07, 6.45) is 5.94. The van der Waals surface area contributed by atoms with Gasteiger partial charge in [0.1, 0.15) is 17.9 Å². The van der Waals surface area contributed by atoms with Crippen molar-refractivity contribution in [2.24, 2.45) is 0 Å². The molecule has 0 aliphatic carbocycles. The maximum absolute atomic E-state index is 12.3. The van der Waals surface area contributed by atoms with Crippen LogP contribution >= 0.6 is 0 Å². The quantitative estimate of drug-likeness (QED) is 0.499. The van der Waals surface area contributed by atoms with Gasteiger partial charge in [0.05, 0.1) is 11.5 Å². The van der Waals surface area contributed by atoms with Crippen LogP contribution < -0.4 is 15.1 Å². The fourth-order valence-corrected chi connectivity index (χ4v) is 2.58. The molecule has 0 fully saturated rings. The van der Waals surface area contributed by atoms with Gasteiger partial charge in [0.25, 0.3) is 0 Å². The van der Waals surface area contributed by atoms with E-state index in [0.717, 1.165) is 12.8 Å². The van der Waals surface area contributed by atoms with Gasteiger partial charge in [-0.05, 0) is 65.7 Å². The molecule has 1 aromatic heterocycles. The van der Waals surface area contributed by atoms with Gasteiger partial charge < -0.3 is 19.0 Å². The van der Waals surface area contributed by atoms with Crippen molar-refractivity contribution in [3.63, 3.8) is 0 Å². The fourth-order valence-electron chi connectivity index (χ4n) is 2.58. The molecule has 0 saturated carbocycles. The molecule has 1 N–H and O–H groups in total. The Morgan fingerprint density at radius 3 is 2.59 bits per heavy atom. The van der Waals surface area contributed by atoms with Crippen LogP contribution in [0, 0.1) is 0 Å². The molecule has 0 amide bonds. The maximum Gasteiger partial charge on any atom is 0.383 e. The molecule has 27 heavy (non-hydrogen) atoms. The Morgan fingerprint density at radius 2 is 1.93 bits per heavy atom. The molecule has 0 bridgehead atoms. The van der Waals surface area contributed by atoms with Crippen LogP contribution in [-0.2, 0) is 0 Å². The minimum Gasteiger partial charge on any atom is -0.508 e. The van der Waals surface area contributed by atoms with Gasteiger partial charge >= 0.3 is 5.63 Å². The highest BCUT2D eigenvalue weighted by atomic mass is 16.5. The molecule has 0 aliphatic rings. The fraction of sp³-hybridized carbons (Fsp3) is 0.409. The standard InChI is InChI=1S/C22H28O5/c1-14(2)7-6-8-16(5)11-12-25-20-18-10-9-17(23)13-19(18)27-22(24)21(20)26-15(3)4/h7,9-11,13,15,23H,6,8,12H2,1-5H3/b16-11+. The van der Waals surface area contributed by atoms with Gasteiger partial charge in [-0.3, -0.25) is 0 Å². The van der Waals surface area contributed by atoms with E-state index >= 15 is 0 Å². The average molecular weight is 372 g/mol. The molecule has 146 valence electrons. The molecule has 0 unspecified atom stereocenters. The van der Waals surface area contributed by atoms with Gasteiger partial charge in [0, 0.05) is 6.07 Å². The summed E-state index contributed by atoms with van der Waals surface area (Å²) in [5.74, 6) is 0.409. The first-order valence-electron chi connectivity index (χ1n) is 9.16. The Labute approximate surface area is 159 Å². The maximum atomic E-state index is 12.3. The number of phenolic OH excluding ortho intramolecular Hbond substituents is 1. The second-order valence-corrected chi connectivity index (χ2v) is 7.08. The van der Waals surface area contributed by atoms with Crippen LogP contribution in [0.15, 0.2) is 50.7 Å². The summed E-state index contributed by atoms with van der Waals surface area (Å²) in [5, 5.41) is 10.2. The number of hydrogen-bond donors (Lipinski definition) is 1. The van der Waals surface area contributed by atoms with Crippen LogP contribution in [0.3, 0.4) is 0 Å². The second-order valence-electron chi connectivity index (χ2n) is 7.08. The Kier molecular flexibility index (Phi) is 7.11. The minimum absolute atomic E-state index is 0.0177. The normalized spacial score (nSPS) is 11.7. The number of allylic oxidation sites excluding steroid dienone is 3. The van der Waals surface area contributed by atoms with Gasteiger partial charge in [0.15, 0.2) is 5.75 Å². The van der Waals surface area contributed by atoms with Gasteiger partial charge in [-0.25, -0.2) is 4.79 Å². The highest BCUT2D eigenvalue weighted by Crippen LogP contribution is 2.34. The first-order valence-corrected chi connectivity index (χ1v) is 9.16. The third kappa shape index (κ3) is 5.91. The molecule has 2 aromatic rings. The summed E-state index contributed by atoms with van der Waals surface area (Å²) < 4.78 is 16.8. The molecule has 1 aromatic carbocycles. The molecule has 0 aliphatic heterocycles. The SMILES string of the molecule is CC(C)=CCC/C(C)=C/COc1c(OC(C)C)c(=O)oc2cc(O)ccc12. The van der Waals surface area contributed by atoms with E-state index < -0.39 is 5.63 Å². The van der Waals surface area contributed by atoms with E-state index in [9.17, 15) is 9.90 Å². The lowest BCUT2D eigenvalue weighted by Crippen LogP contribution is -2.15. The molecule has 0 saturated heterocycles. The number of benzene rings is 1. The third-order valence-electron chi connectivity index (χ3n) is 3.91. The van der Waals surface area contributed by atoms with E-state index in [2.05, 4.69) is 26.8 Å². The Bertz CT molecular complexity index is 899. The number of fused-ring (bicyclic) bond motifs is 1. The first-order chi connectivity index (χ1) is 12.8. The van der Waals surface area contributed by atoms with Crippen LogP contribution in [0.1, 0.15) is 47.5 Å². The zero-order valence-corrected chi connectivity index (χ0v) is 16.7. The topological polar surface area (TPSA) is 68.9 Å². The predicted molar refractivity (Wildman–Crippen MR) is 108 cm³/mol. The summed E-state index contributed by atoms with van der Waals surface area (Å²) in [6, 6.07) is 4.57. The lowest BCUT2D eigenvalue weighted by Gasteiger charge is -2.15. The number of ether oxygens (including phenoxy) is 2. The van der Waals surface area contributed by atoms with Crippen LogP contribution in [0.25, 0.3) is 11.0 Å². The van der Waals surface area contributed by atoms with Gasteiger partial charge in [-0.2, -0.15) is 0 Å². The highest BCUT2D eigenvalue weighted by molar-refractivity contribution is 5.86. The van der Waals surface area contributed by atoms with E-state index in [1.807, 2.05) is 19.9 Å². The summed E-state index contributed by atoms with van der Waals surface area (Å²) in [4.78, 5) is 12.3.